The standard InChI is InChI=1S/C12H13F2NO3/c13-10-2-1-9(7-11(10)14)18-8-3-5-15(6-4-8)12(16)17/h1-2,7-8H,3-6H2,(H,16,17). The highest BCUT2D eigenvalue weighted by Gasteiger charge is 2.23. The number of piperidine rings is 1. The van der Waals surface area contributed by atoms with Crippen molar-refractivity contribution in [3.8, 4) is 5.75 Å². The second kappa shape index (κ2) is 5.20. The number of carboxylic acid groups (broad SMARTS) is 1. The van der Waals surface area contributed by atoms with Gasteiger partial charge in [0.1, 0.15) is 11.9 Å². The van der Waals surface area contributed by atoms with E-state index >= 15 is 0 Å². The van der Waals surface area contributed by atoms with Crippen molar-refractivity contribution < 1.29 is 23.4 Å². The zero-order chi connectivity index (χ0) is 13.1. The molecule has 0 aromatic heterocycles. The molecule has 0 aliphatic carbocycles. The van der Waals surface area contributed by atoms with Crippen LogP contribution in [-0.4, -0.2) is 35.3 Å². The fraction of sp³-hybridized carbons (Fsp3) is 0.417. The number of benzene rings is 1. The predicted molar refractivity (Wildman–Crippen MR) is 59.6 cm³/mol. The lowest BCUT2D eigenvalue weighted by molar-refractivity contribution is 0.0892. The van der Waals surface area contributed by atoms with Gasteiger partial charge in [-0.1, -0.05) is 0 Å². The Bertz CT molecular complexity index is 445. The van der Waals surface area contributed by atoms with E-state index in [9.17, 15) is 13.6 Å². The first-order valence-electron chi connectivity index (χ1n) is 5.66. The Hall–Kier alpha value is -1.85. The normalized spacial score (nSPS) is 16.7. The minimum absolute atomic E-state index is 0.162. The summed E-state index contributed by atoms with van der Waals surface area (Å²) in [6.07, 6.45) is -0.0110. The fourth-order valence-electron chi connectivity index (χ4n) is 1.91. The molecule has 1 saturated heterocycles. The summed E-state index contributed by atoms with van der Waals surface area (Å²) in [6, 6.07) is 3.37. The lowest BCUT2D eigenvalue weighted by atomic mass is 10.1. The molecule has 0 saturated carbocycles. The number of rotatable bonds is 2. The molecule has 4 nitrogen and oxygen atoms in total. The molecule has 0 spiro atoms. The average molecular weight is 257 g/mol. The van der Waals surface area contributed by atoms with Gasteiger partial charge in [0.05, 0.1) is 0 Å². The summed E-state index contributed by atoms with van der Waals surface area (Å²) in [5.41, 5.74) is 0. The van der Waals surface area contributed by atoms with Crippen molar-refractivity contribution in [1.29, 1.82) is 0 Å². The number of likely N-dealkylation sites (tertiary alicyclic amines) is 1. The van der Waals surface area contributed by atoms with Gasteiger partial charge in [0, 0.05) is 32.0 Å². The van der Waals surface area contributed by atoms with Gasteiger partial charge < -0.3 is 14.7 Å². The topological polar surface area (TPSA) is 49.8 Å². The molecule has 1 aliphatic heterocycles. The van der Waals surface area contributed by atoms with Gasteiger partial charge >= 0.3 is 6.09 Å². The summed E-state index contributed by atoms with van der Waals surface area (Å²) in [6.45, 7) is 0.785. The molecular formula is C12H13F2NO3. The van der Waals surface area contributed by atoms with Gasteiger partial charge in [-0.25, -0.2) is 13.6 Å². The number of nitrogens with zero attached hydrogens (tertiary/aromatic N) is 1. The first-order valence-corrected chi connectivity index (χ1v) is 5.66. The third-order valence-corrected chi connectivity index (χ3v) is 2.91. The summed E-state index contributed by atoms with van der Waals surface area (Å²) in [5, 5.41) is 8.78. The molecule has 0 unspecified atom stereocenters. The Balaban J connectivity index is 1.91. The summed E-state index contributed by atoms with van der Waals surface area (Å²) >= 11 is 0. The molecule has 1 amide bonds. The molecule has 0 bridgehead atoms. The van der Waals surface area contributed by atoms with Crippen molar-refractivity contribution in [3.63, 3.8) is 0 Å². The van der Waals surface area contributed by atoms with Crippen LogP contribution in [0.5, 0.6) is 5.75 Å². The molecule has 1 heterocycles. The first-order chi connectivity index (χ1) is 8.56. The Morgan fingerprint density at radius 2 is 1.94 bits per heavy atom. The zero-order valence-corrected chi connectivity index (χ0v) is 9.60. The minimum Gasteiger partial charge on any atom is -0.490 e. The van der Waals surface area contributed by atoms with E-state index in [-0.39, 0.29) is 11.9 Å². The molecule has 98 valence electrons. The fourth-order valence-corrected chi connectivity index (χ4v) is 1.91. The summed E-state index contributed by atoms with van der Waals surface area (Å²) < 4.78 is 31.2. The van der Waals surface area contributed by atoms with Crippen LogP contribution in [0.4, 0.5) is 13.6 Å². The van der Waals surface area contributed by atoms with Crippen LogP contribution in [0, 0.1) is 11.6 Å². The Kier molecular flexibility index (Phi) is 3.64. The van der Waals surface area contributed by atoms with Crippen molar-refractivity contribution in [2.24, 2.45) is 0 Å². The van der Waals surface area contributed by atoms with Crippen LogP contribution in [0.15, 0.2) is 18.2 Å². The van der Waals surface area contributed by atoms with Crippen molar-refractivity contribution in [3.05, 3.63) is 29.8 Å². The van der Waals surface area contributed by atoms with Crippen LogP contribution in [0.1, 0.15) is 12.8 Å². The molecule has 1 N–H and O–H groups in total. The van der Waals surface area contributed by atoms with Crippen molar-refractivity contribution in [1.82, 2.24) is 4.90 Å². The van der Waals surface area contributed by atoms with E-state index in [1.807, 2.05) is 0 Å². The third kappa shape index (κ3) is 2.88. The lowest BCUT2D eigenvalue weighted by Gasteiger charge is -2.30. The largest absolute Gasteiger partial charge is 0.490 e. The van der Waals surface area contributed by atoms with E-state index < -0.39 is 17.7 Å². The molecule has 0 atom stereocenters. The van der Waals surface area contributed by atoms with Gasteiger partial charge in [-0.05, 0) is 12.1 Å². The Morgan fingerprint density at radius 3 is 2.50 bits per heavy atom. The third-order valence-electron chi connectivity index (χ3n) is 2.91. The number of halogens is 2. The Labute approximate surface area is 103 Å². The van der Waals surface area contributed by atoms with Crippen LogP contribution in [-0.2, 0) is 0 Å². The van der Waals surface area contributed by atoms with Crippen molar-refractivity contribution in [2.45, 2.75) is 18.9 Å². The first kappa shape index (κ1) is 12.6. The van der Waals surface area contributed by atoms with E-state index in [2.05, 4.69) is 0 Å². The van der Waals surface area contributed by atoms with Crippen molar-refractivity contribution >= 4 is 6.09 Å². The second-order valence-electron chi connectivity index (χ2n) is 4.16. The highest BCUT2D eigenvalue weighted by atomic mass is 19.2. The maximum atomic E-state index is 13.0. The predicted octanol–water partition coefficient (Wildman–Crippen LogP) is 2.49. The van der Waals surface area contributed by atoms with Gasteiger partial charge in [0.25, 0.3) is 0 Å². The van der Waals surface area contributed by atoms with Crippen LogP contribution in [0.25, 0.3) is 0 Å². The number of amides is 1. The summed E-state index contributed by atoms with van der Waals surface area (Å²) in [4.78, 5) is 12.0. The Morgan fingerprint density at radius 1 is 1.28 bits per heavy atom. The van der Waals surface area contributed by atoms with E-state index in [0.717, 1.165) is 12.1 Å². The van der Waals surface area contributed by atoms with Crippen LogP contribution >= 0.6 is 0 Å². The smallest absolute Gasteiger partial charge is 0.407 e. The SMILES string of the molecule is O=C(O)N1CCC(Oc2ccc(F)c(F)c2)CC1. The molecule has 1 fully saturated rings. The monoisotopic (exact) mass is 257 g/mol. The lowest BCUT2D eigenvalue weighted by Crippen LogP contribution is -2.41. The van der Waals surface area contributed by atoms with Crippen molar-refractivity contribution in [2.75, 3.05) is 13.1 Å². The van der Waals surface area contributed by atoms with Gasteiger partial charge in [0.2, 0.25) is 0 Å². The molecule has 1 aliphatic rings. The second-order valence-corrected chi connectivity index (χ2v) is 4.16. The number of hydrogen-bond acceptors (Lipinski definition) is 2. The number of hydrogen-bond donors (Lipinski definition) is 1. The van der Waals surface area contributed by atoms with Crippen LogP contribution in [0.3, 0.4) is 0 Å². The quantitative estimate of drug-likeness (QED) is 0.885. The average Bonchev–Trinajstić information content (AvgIpc) is 2.34. The molecule has 6 heteroatoms. The zero-order valence-electron chi connectivity index (χ0n) is 9.60. The summed E-state index contributed by atoms with van der Waals surface area (Å²) in [5.74, 6) is -1.60. The maximum absolute atomic E-state index is 13.0. The highest BCUT2D eigenvalue weighted by molar-refractivity contribution is 5.65. The molecule has 2 rings (SSSR count). The van der Waals surface area contributed by atoms with Gasteiger partial charge in [-0.2, -0.15) is 0 Å². The molecule has 1 aromatic rings. The van der Waals surface area contributed by atoms with Crippen LogP contribution < -0.4 is 4.74 Å². The summed E-state index contributed by atoms with van der Waals surface area (Å²) in [7, 11) is 0. The molecule has 1 aromatic carbocycles. The van der Waals surface area contributed by atoms with E-state index in [1.165, 1.54) is 11.0 Å². The number of ether oxygens (including phenoxy) is 1. The molecule has 0 radical (unpaired) electrons. The van der Waals surface area contributed by atoms with E-state index in [1.54, 1.807) is 0 Å². The van der Waals surface area contributed by atoms with Gasteiger partial charge in [-0.3, -0.25) is 0 Å². The van der Waals surface area contributed by atoms with E-state index in [4.69, 9.17) is 9.84 Å². The van der Waals surface area contributed by atoms with Gasteiger partial charge in [0.15, 0.2) is 11.6 Å². The highest BCUT2D eigenvalue weighted by Crippen LogP contribution is 2.21. The van der Waals surface area contributed by atoms with Crippen LogP contribution in [0.2, 0.25) is 0 Å². The minimum atomic E-state index is -0.949. The van der Waals surface area contributed by atoms with E-state index in [0.29, 0.717) is 25.9 Å². The van der Waals surface area contributed by atoms with Gasteiger partial charge in [-0.15, -0.1) is 0 Å². The maximum Gasteiger partial charge on any atom is 0.407 e. The molecule has 18 heavy (non-hydrogen) atoms. The molecular weight excluding hydrogens is 244 g/mol. The number of carbonyl (C=O) groups is 1.